The van der Waals surface area contributed by atoms with E-state index in [4.69, 9.17) is 11.6 Å². The SMILES string of the molecule is CNC(=O)C(Cc1ccccc1)N(Cc1ccccc1)C(=O)CN(c1cc(C(F)(F)F)ccc1Cl)S(=O)(=O)c1ccccc1. The molecule has 230 valence electrons. The Morgan fingerprint density at radius 2 is 1.39 bits per heavy atom. The van der Waals surface area contributed by atoms with E-state index < -0.39 is 51.9 Å². The van der Waals surface area contributed by atoms with Gasteiger partial charge in [-0.05, 0) is 41.5 Å². The van der Waals surface area contributed by atoms with Gasteiger partial charge in [0.25, 0.3) is 10.0 Å². The van der Waals surface area contributed by atoms with E-state index in [-0.39, 0.29) is 22.9 Å². The number of rotatable bonds is 11. The monoisotopic (exact) mass is 643 g/mol. The average Bonchev–Trinajstić information content (AvgIpc) is 3.02. The number of nitrogens with zero attached hydrogens (tertiary/aromatic N) is 2. The summed E-state index contributed by atoms with van der Waals surface area (Å²) in [5, 5.41) is 2.26. The topological polar surface area (TPSA) is 86.8 Å². The highest BCUT2D eigenvalue weighted by Crippen LogP contribution is 2.37. The van der Waals surface area contributed by atoms with Gasteiger partial charge in [-0.3, -0.25) is 13.9 Å². The van der Waals surface area contributed by atoms with Crippen LogP contribution < -0.4 is 9.62 Å². The van der Waals surface area contributed by atoms with Crippen LogP contribution in [0.1, 0.15) is 16.7 Å². The molecular formula is C32H29ClF3N3O4S. The number of hydrogen-bond donors (Lipinski definition) is 1. The lowest BCUT2D eigenvalue weighted by atomic mass is 10.0. The fourth-order valence-electron chi connectivity index (χ4n) is 4.61. The Balaban J connectivity index is 1.84. The first-order valence-corrected chi connectivity index (χ1v) is 15.3. The normalized spacial score (nSPS) is 12.3. The minimum Gasteiger partial charge on any atom is -0.357 e. The number of anilines is 1. The van der Waals surface area contributed by atoms with Crippen molar-refractivity contribution in [2.24, 2.45) is 0 Å². The fraction of sp³-hybridized carbons (Fsp3) is 0.188. The summed E-state index contributed by atoms with van der Waals surface area (Å²) in [5.41, 5.74) is -0.289. The van der Waals surface area contributed by atoms with Gasteiger partial charge in [0.15, 0.2) is 0 Å². The van der Waals surface area contributed by atoms with Gasteiger partial charge in [0.05, 0.1) is 21.2 Å². The van der Waals surface area contributed by atoms with Gasteiger partial charge in [-0.25, -0.2) is 8.42 Å². The summed E-state index contributed by atoms with van der Waals surface area (Å²) in [6.45, 7) is -1.02. The highest BCUT2D eigenvalue weighted by Gasteiger charge is 2.37. The van der Waals surface area contributed by atoms with Crippen molar-refractivity contribution in [3.05, 3.63) is 131 Å². The van der Waals surface area contributed by atoms with Gasteiger partial charge in [-0.1, -0.05) is 90.5 Å². The minimum absolute atomic E-state index is 0.0832. The lowest BCUT2D eigenvalue weighted by Gasteiger charge is -2.34. The van der Waals surface area contributed by atoms with Crippen LogP contribution in [0.4, 0.5) is 18.9 Å². The Morgan fingerprint density at radius 3 is 1.93 bits per heavy atom. The summed E-state index contributed by atoms with van der Waals surface area (Å²) in [6.07, 6.45) is -4.72. The van der Waals surface area contributed by atoms with Crippen molar-refractivity contribution in [2.75, 3.05) is 17.9 Å². The molecule has 2 amide bonds. The van der Waals surface area contributed by atoms with Gasteiger partial charge in [-0.2, -0.15) is 13.2 Å². The Kier molecular flexibility index (Phi) is 10.3. The molecule has 0 aromatic heterocycles. The standard InChI is InChI=1S/C32H29ClF3N3O4S/c1-37-31(41)29(19-23-11-5-2-6-12-23)38(21-24-13-7-3-8-14-24)30(40)22-39(44(42,43)26-15-9-4-10-16-26)28-20-25(32(34,35)36)17-18-27(28)33/h2-18,20,29H,19,21-22H2,1H3,(H,37,41). The molecule has 7 nitrogen and oxygen atoms in total. The van der Waals surface area contributed by atoms with Crippen LogP contribution in [0, 0.1) is 0 Å². The molecule has 44 heavy (non-hydrogen) atoms. The molecule has 0 spiro atoms. The molecule has 4 rings (SSSR count). The van der Waals surface area contributed by atoms with Crippen LogP contribution in [0.15, 0.2) is 114 Å². The first-order chi connectivity index (χ1) is 20.9. The van der Waals surface area contributed by atoms with Crippen molar-refractivity contribution >= 4 is 39.1 Å². The van der Waals surface area contributed by atoms with E-state index in [9.17, 15) is 31.2 Å². The maximum absolute atomic E-state index is 14.2. The van der Waals surface area contributed by atoms with E-state index in [1.54, 1.807) is 66.7 Å². The molecule has 0 radical (unpaired) electrons. The zero-order valence-electron chi connectivity index (χ0n) is 23.5. The lowest BCUT2D eigenvalue weighted by Crippen LogP contribution is -2.53. The van der Waals surface area contributed by atoms with E-state index in [0.29, 0.717) is 15.9 Å². The van der Waals surface area contributed by atoms with E-state index >= 15 is 0 Å². The van der Waals surface area contributed by atoms with Crippen molar-refractivity contribution in [1.29, 1.82) is 0 Å². The van der Waals surface area contributed by atoms with Crippen molar-refractivity contribution in [2.45, 2.75) is 30.1 Å². The fourth-order valence-corrected chi connectivity index (χ4v) is 6.33. The van der Waals surface area contributed by atoms with Gasteiger partial charge in [-0.15, -0.1) is 0 Å². The molecule has 0 aliphatic heterocycles. The van der Waals surface area contributed by atoms with Gasteiger partial charge in [0, 0.05) is 20.0 Å². The number of carbonyl (C=O) groups is 2. The maximum atomic E-state index is 14.2. The number of nitrogens with one attached hydrogen (secondary N) is 1. The molecule has 0 bridgehead atoms. The molecule has 0 aliphatic carbocycles. The van der Waals surface area contributed by atoms with E-state index in [2.05, 4.69) is 5.32 Å². The number of alkyl halides is 3. The Labute approximate surface area is 258 Å². The first-order valence-electron chi connectivity index (χ1n) is 13.4. The third-order valence-corrected chi connectivity index (χ3v) is 8.96. The van der Waals surface area contributed by atoms with Crippen LogP contribution in [0.3, 0.4) is 0 Å². The van der Waals surface area contributed by atoms with Gasteiger partial charge in [0.1, 0.15) is 12.6 Å². The molecule has 12 heteroatoms. The summed E-state index contributed by atoms with van der Waals surface area (Å²) in [5.74, 6) is -1.33. The molecule has 0 saturated carbocycles. The van der Waals surface area contributed by atoms with Gasteiger partial charge >= 0.3 is 6.18 Å². The van der Waals surface area contributed by atoms with E-state index in [1.807, 2.05) is 0 Å². The molecule has 1 atom stereocenters. The second-order valence-electron chi connectivity index (χ2n) is 9.82. The van der Waals surface area contributed by atoms with E-state index in [1.165, 1.54) is 36.2 Å². The van der Waals surface area contributed by atoms with Crippen LogP contribution in [0.5, 0.6) is 0 Å². The zero-order chi connectivity index (χ0) is 31.9. The molecule has 4 aromatic rings. The molecule has 0 heterocycles. The Hall–Kier alpha value is -4.35. The molecule has 1 unspecified atom stereocenters. The highest BCUT2D eigenvalue weighted by atomic mass is 35.5. The number of sulfonamides is 1. The number of carbonyl (C=O) groups excluding carboxylic acids is 2. The predicted octanol–water partition coefficient (Wildman–Crippen LogP) is 5.94. The molecule has 0 saturated heterocycles. The van der Waals surface area contributed by atoms with E-state index in [0.717, 1.165) is 17.7 Å². The summed E-state index contributed by atoms with van der Waals surface area (Å²) in [4.78, 5) is 28.5. The lowest BCUT2D eigenvalue weighted by molar-refractivity contribution is -0.139. The summed E-state index contributed by atoms with van der Waals surface area (Å²) < 4.78 is 69.6. The summed E-state index contributed by atoms with van der Waals surface area (Å²) in [6, 6.07) is 25.9. The van der Waals surface area contributed by atoms with Crippen molar-refractivity contribution < 1.29 is 31.2 Å². The molecule has 0 fully saturated rings. The smallest absolute Gasteiger partial charge is 0.357 e. The Morgan fingerprint density at radius 1 is 0.841 bits per heavy atom. The summed E-state index contributed by atoms with van der Waals surface area (Å²) >= 11 is 6.31. The minimum atomic E-state index is -4.81. The number of benzene rings is 4. The molecule has 0 aliphatic rings. The van der Waals surface area contributed by atoms with Crippen molar-refractivity contribution in [3.8, 4) is 0 Å². The zero-order valence-corrected chi connectivity index (χ0v) is 25.1. The number of halogens is 4. The van der Waals surface area contributed by atoms with Crippen LogP contribution in [0.2, 0.25) is 5.02 Å². The number of hydrogen-bond acceptors (Lipinski definition) is 4. The van der Waals surface area contributed by atoms with Crippen molar-refractivity contribution in [1.82, 2.24) is 10.2 Å². The number of likely N-dealkylation sites (N-methyl/N-ethyl adjacent to an activating group) is 1. The highest BCUT2D eigenvalue weighted by molar-refractivity contribution is 7.92. The molecule has 4 aromatic carbocycles. The average molecular weight is 644 g/mol. The largest absolute Gasteiger partial charge is 0.416 e. The number of amides is 2. The summed E-state index contributed by atoms with van der Waals surface area (Å²) in [7, 11) is -3.20. The van der Waals surface area contributed by atoms with Crippen LogP contribution in [-0.2, 0) is 38.8 Å². The predicted molar refractivity (Wildman–Crippen MR) is 162 cm³/mol. The maximum Gasteiger partial charge on any atom is 0.416 e. The van der Waals surface area contributed by atoms with Crippen LogP contribution in [0.25, 0.3) is 0 Å². The first kappa shape index (κ1) is 32.6. The van der Waals surface area contributed by atoms with Crippen molar-refractivity contribution in [3.63, 3.8) is 0 Å². The molecular weight excluding hydrogens is 615 g/mol. The van der Waals surface area contributed by atoms with Gasteiger partial charge in [0.2, 0.25) is 11.8 Å². The van der Waals surface area contributed by atoms with Crippen LogP contribution in [-0.4, -0.2) is 44.8 Å². The second kappa shape index (κ2) is 14.0. The third kappa shape index (κ3) is 7.78. The quantitative estimate of drug-likeness (QED) is 0.219. The van der Waals surface area contributed by atoms with Gasteiger partial charge < -0.3 is 10.2 Å². The second-order valence-corrected chi connectivity index (χ2v) is 12.1. The van der Waals surface area contributed by atoms with Crippen LogP contribution >= 0.6 is 11.6 Å². The molecule has 1 N–H and O–H groups in total. The third-order valence-electron chi connectivity index (χ3n) is 6.87. The Bertz CT molecular complexity index is 1690.